The monoisotopic (exact) mass is 342 g/mol. The summed E-state index contributed by atoms with van der Waals surface area (Å²) in [5.74, 6) is 0.746. The molecule has 0 aliphatic heterocycles. The molecule has 3 nitrogen and oxygen atoms in total. The van der Waals surface area contributed by atoms with Gasteiger partial charge in [0.25, 0.3) is 0 Å². The molecule has 128 valence electrons. The summed E-state index contributed by atoms with van der Waals surface area (Å²) in [5.41, 5.74) is 8.32. The Morgan fingerprint density at radius 1 is 1.04 bits per heavy atom. The Bertz CT molecular complexity index is 642. The van der Waals surface area contributed by atoms with Crippen LogP contribution in [-0.2, 0) is 4.79 Å². The van der Waals surface area contributed by atoms with Crippen molar-refractivity contribution in [1.82, 2.24) is 5.32 Å². The van der Waals surface area contributed by atoms with Gasteiger partial charge in [0.2, 0.25) is 5.91 Å². The third kappa shape index (κ3) is 4.86. The van der Waals surface area contributed by atoms with E-state index in [0.717, 1.165) is 16.9 Å². The third-order valence-corrected chi connectivity index (χ3v) is 5.08. The minimum absolute atomic E-state index is 0.0223. The van der Waals surface area contributed by atoms with Crippen LogP contribution < -0.4 is 11.1 Å². The minimum Gasteiger partial charge on any atom is -0.349 e. The fourth-order valence-corrected chi connectivity index (χ4v) is 3.24. The number of carbonyl (C=O) groups excluding carboxylic acids is 1. The summed E-state index contributed by atoms with van der Waals surface area (Å²) in [6.45, 7) is 6.01. The lowest BCUT2D eigenvalue weighted by Gasteiger charge is -2.22. The van der Waals surface area contributed by atoms with Gasteiger partial charge in [-0.3, -0.25) is 4.79 Å². The molecule has 0 aromatic heterocycles. The van der Waals surface area contributed by atoms with Gasteiger partial charge in [0.1, 0.15) is 0 Å². The number of carbonyl (C=O) groups is 1. The van der Waals surface area contributed by atoms with Gasteiger partial charge in [0, 0.05) is 10.9 Å². The van der Waals surface area contributed by atoms with E-state index < -0.39 is 0 Å². The second-order valence-corrected chi connectivity index (χ2v) is 7.29. The highest BCUT2D eigenvalue weighted by molar-refractivity contribution is 7.99. The molecule has 4 heteroatoms. The van der Waals surface area contributed by atoms with E-state index in [1.807, 2.05) is 55.9 Å². The van der Waals surface area contributed by atoms with Crippen LogP contribution in [0.1, 0.15) is 44.0 Å². The Hall–Kier alpha value is -1.78. The van der Waals surface area contributed by atoms with Gasteiger partial charge in [-0.2, -0.15) is 0 Å². The highest BCUT2D eigenvalue weighted by atomic mass is 32.2. The Morgan fingerprint density at radius 2 is 1.67 bits per heavy atom. The van der Waals surface area contributed by atoms with Crippen molar-refractivity contribution in [2.45, 2.75) is 37.8 Å². The smallest absolute Gasteiger partial charge is 0.225 e. The molecule has 2 aromatic rings. The lowest BCUT2D eigenvalue weighted by molar-refractivity contribution is -0.125. The van der Waals surface area contributed by atoms with Gasteiger partial charge < -0.3 is 11.1 Å². The van der Waals surface area contributed by atoms with E-state index in [9.17, 15) is 4.79 Å². The Morgan fingerprint density at radius 3 is 2.25 bits per heavy atom. The van der Waals surface area contributed by atoms with Crippen LogP contribution in [0.5, 0.6) is 0 Å². The molecule has 0 bridgehead atoms. The predicted octanol–water partition coefficient (Wildman–Crippen LogP) is 4.31. The maximum atomic E-state index is 12.5. The summed E-state index contributed by atoms with van der Waals surface area (Å²) < 4.78 is 0. The van der Waals surface area contributed by atoms with E-state index in [1.54, 1.807) is 0 Å². The van der Waals surface area contributed by atoms with Crippen molar-refractivity contribution in [2.24, 2.45) is 11.7 Å². The first kappa shape index (κ1) is 18.6. The lowest BCUT2D eigenvalue weighted by Crippen LogP contribution is -2.36. The molecule has 0 heterocycles. The summed E-state index contributed by atoms with van der Waals surface area (Å²) in [6.07, 6.45) is 0. The molecule has 2 aromatic carbocycles. The highest BCUT2D eigenvalue weighted by Gasteiger charge is 2.23. The van der Waals surface area contributed by atoms with Crippen molar-refractivity contribution in [3.63, 3.8) is 0 Å². The van der Waals surface area contributed by atoms with Gasteiger partial charge in [-0.15, -0.1) is 11.8 Å². The molecule has 0 spiro atoms. The first-order valence-corrected chi connectivity index (χ1v) is 9.35. The van der Waals surface area contributed by atoms with Gasteiger partial charge in [0.15, 0.2) is 0 Å². The number of thioether (sulfide) groups is 1. The molecular formula is C20H26N2OS. The number of rotatable bonds is 7. The fraction of sp³-hybridized carbons (Fsp3) is 0.350. The van der Waals surface area contributed by atoms with Gasteiger partial charge in [-0.25, -0.2) is 0 Å². The maximum absolute atomic E-state index is 12.5. The maximum Gasteiger partial charge on any atom is 0.225 e. The highest BCUT2D eigenvalue weighted by Crippen LogP contribution is 2.23. The number of amides is 1. The number of hydrogen-bond acceptors (Lipinski definition) is 3. The first-order chi connectivity index (χ1) is 11.5. The first-order valence-electron chi connectivity index (χ1n) is 8.36. The van der Waals surface area contributed by atoms with E-state index in [0.29, 0.717) is 0 Å². The van der Waals surface area contributed by atoms with Crippen LogP contribution in [0, 0.1) is 5.92 Å². The predicted molar refractivity (Wildman–Crippen MR) is 102 cm³/mol. The molecule has 24 heavy (non-hydrogen) atoms. The molecule has 0 radical (unpaired) electrons. The molecule has 3 atom stereocenters. The molecule has 3 unspecified atom stereocenters. The quantitative estimate of drug-likeness (QED) is 0.737. The summed E-state index contributed by atoms with van der Waals surface area (Å²) in [5, 5.41) is 3.07. The van der Waals surface area contributed by atoms with Crippen LogP contribution in [-0.4, -0.2) is 11.7 Å². The average molecular weight is 343 g/mol. The Kier molecular flexibility index (Phi) is 6.88. The third-order valence-electron chi connectivity index (χ3n) is 4.19. The number of nitrogens with two attached hydrogens (primary N) is 1. The molecule has 0 saturated heterocycles. The zero-order valence-electron chi connectivity index (χ0n) is 14.5. The van der Waals surface area contributed by atoms with Crippen molar-refractivity contribution < 1.29 is 4.79 Å². The molecule has 0 aliphatic rings. The van der Waals surface area contributed by atoms with E-state index >= 15 is 0 Å². The Balaban J connectivity index is 1.97. The van der Waals surface area contributed by atoms with Crippen molar-refractivity contribution >= 4 is 17.7 Å². The van der Waals surface area contributed by atoms with Crippen LogP contribution in [0.4, 0.5) is 0 Å². The molecule has 3 N–H and O–H groups in total. The lowest BCUT2D eigenvalue weighted by atomic mass is 9.94. The average Bonchev–Trinajstić information content (AvgIpc) is 2.62. The second-order valence-electron chi connectivity index (χ2n) is 5.96. The van der Waals surface area contributed by atoms with Crippen LogP contribution in [0.3, 0.4) is 0 Å². The van der Waals surface area contributed by atoms with Crippen molar-refractivity contribution in [1.29, 1.82) is 0 Å². The van der Waals surface area contributed by atoms with Crippen molar-refractivity contribution in [3.8, 4) is 0 Å². The van der Waals surface area contributed by atoms with E-state index in [4.69, 9.17) is 5.73 Å². The summed E-state index contributed by atoms with van der Waals surface area (Å²) in [6, 6.07) is 17.8. The summed E-state index contributed by atoms with van der Waals surface area (Å²) in [7, 11) is 0. The summed E-state index contributed by atoms with van der Waals surface area (Å²) in [4.78, 5) is 13.8. The van der Waals surface area contributed by atoms with Gasteiger partial charge >= 0.3 is 0 Å². The topological polar surface area (TPSA) is 55.1 Å². The molecular weight excluding hydrogens is 316 g/mol. The SMILES string of the molecule is CCSc1ccc(C(C)NC(=O)C(C)C(N)c2ccccc2)cc1. The summed E-state index contributed by atoms with van der Waals surface area (Å²) >= 11 is 1.81. The Labute approximate surface area is 149 Å². The number of benzene rings is 2. The van der Waals surface area contributed by atoms with E-state index in [2.05, 4.69) is 36.5 Å². The standard InChI is InChI=1S/C20H26N2OS/c1-4-24-18-12-10-16(11-13-18)15(3)22-20(23)14(2)19(21)17-8-6-5-7-9-17/h5-15,19H,4,21H2,1-3H3,(H,22,23). The van der Waals surface area contributed by atoms with Crippen LogP contribution in [0.25, 0.3) is 0 Å². The van der Waals surface area contributed by atoms with Crippen LogP contribution >= 0.6 is 11.8 Å². The molecule has 0 fully saturated rings. The van der Waals surface area contributed by atoms with Gasteiger partial charge in [0.05, 0.1) is 12.0 Å². The zero-order chi connectivity index (χ0) is 17.5. The van der Waals surface area contributed by atoms with Crippen LogP contribution in [0.2, 0.25) is 0 Å². The van der Waals surface area contributed by atoms with Gasteiger partial charge in [-0.05, 0) is 35.9 Å². The van der Waals surface area contributed by atoms with E-state index in [1.165, 1.54) is 4.90 Å². The van der Waals surface area contributed by atoms with Gasteiger partial charge in [-0.1, -0.05) is 56.3 Å². The number of hydrogen-bond donors (Lipinski definition) is 2. The molecule has 2 rings (SSSR count). The molecule has 0 saturated carbocycles. The number of nitrogens with one attached hydrogen (secondary N) is 1. The normalized spacial score (nSPS) is 14.7. The van der Waals surface area contributed by atoms with Crippen molar-refractivity contribution in [3.05, 3.63) is 65.7 Å². The molecule has 1 amide bonds. The van der Waals surface area contributed by atoms with E-state index in [-0.39, 0.29) is 23.9 Å². The fourth-order valence-electron chi connectivity index (χ4n) is 2.57. The van der Waals surface area contributed by atoms with Crippen molar-refractivity contribution in [2.75, 3.05) is 5.75 Å². The largest absolute Gasteiger partial charge is 0.349 e. The van der Waals surface area contributed by atoms with Crippen LogP contribution in [0.15, 0.2) is 59.5 Å². The molecule has 0 aliphatic carbocycles. The minimum atomic E-state index is -0.304. The zero-order valence-corrected chi connectivity index (χ0v) is 15.3. The second kappa shape index (κ2) is 8.90.